The summed E-state index contributed by atoms with van der Waals surface area (Å²) in [6, 6.07) is 0.232. The average Bonchev–Trinajstić information content (AvgIpc) is 1.85. The van der Waals surface area contributed by atoms with Gasteiger partial charge in [0.15, 0.2) is 0 Å². The fourth-order valence-electron chi connectivity index (χ4n) is 1.55. The summed E-state index contributed by atoms with van der Waals surface area (Å²) >= 11 is 0. The minimum absolute atomic E-state index is 0.232. The molecule has 68 valence electrons. The van der Waals surface area contributed by atoms with Crippen LogP contribution in [-0.4, -0.2) is 15.8 Å². The Labute approximate surface area is 67.4 Å². The fourth-order valence-corrected chi connectivity index (χ4v) is 2.44. The van der Waals surface area contributed by atoms with Gasteiger partial charge in [-0.25, -0.2) is 0 Å². The van der Waals surface area contributed by atoms with Gasteiger partial charge in [-0.05, 0) is 0 Å². The van der Waals surface area contributed by atoms with Crippen molar-refractivity contribution >= 4 is 8.02 Å². The van der Waals surface area contributed by atoms with Crippen LogP contribution >= 0.6 is 8.02 Å². The molecule has 0 aliphatic heterocycles. The summed E-state index contributed by atoms with van der Waals surface area (Å²) in [6.45, 7) is 0. The molecule has 1 fully saturated rings. The molecule has 11 heavy (non-hydrogen) atoms. The van der Waals surface area contributed by atoms with Crippen molar-refractivity contribution < 1.29 is 9.79 Å². The van der Waals surface area contributed by atoms with Gasteiger partial charge in [0.1, 0.15) is 0 Å². The van der Waals surface area contributed by atoms with Gasteiger partial charge in [0, 0.05) is 0 Å². The Hall–Kier alpha value is 0.270. The van der Waals surface area contributed by atoms with Crippen LogP contribution in [0.1, 0.15) is 32.1 Å². The third-order valence-corrected chi connectivity index (χ3v) is 2.85. The number of nitrogens with one attached hydrogen (secondary N) is 1. The molecule has 1 aliphatic carbocycles. The molecule has 0 spiro atoms. The molecule has 0 saturated heterocycles. The van der Waals surface area contributed by atoms with Gasteiger partial charge in [0.25, 0.3) is 0 Å². The van der Waals surface area contributed by atoms with Gasteiger partial charge in [-0.1, -0.05) is 0 Å². The third kappa shape index (κ3) is 3.99. The van der Waals surface area contributed by atoms with Crippen molar-refractivity contribution in [1.82, 2.24) is 5.09 Å². The van der Waals surface area contributed by atoms with E-state index in [1.54, 1.807) is 0 Å². The van der Waals surface area contributed by atoms with Crippen molar-refractivity contribution in [3.8, 4) is 0 Å². The normalized spacial score (nSPS) is 23.5. The van der Waals surface area contributed by atoms with Crippen LogP contribution in [0.2, 0.25) is 0 Å². The average molecular weight is 180 g/mol. The monoisotopic (exact) mass is 180 g/mol. The molecule has 5 heteroatoms. The molecular weight excluding hydrogens is 163 g/mol. The van der Waals surface area contributed by atoms with Crippen LogP contribution in [0.3, 0.4) is 0 Å². The number of rotatable bonds is 2. The second kappa shape index (κ2) is 3.78. The van der Waals surface area contributed by atoms with Crippen LogP contribution in [-0.2, 0) is 0 Å². The second-order valence-corrected chi connectivity index (χ2v) is 4.95. The molecule has 1 rings (SSSR count). The molecule has 0 unspecified atom stereocenters. The van der Waals surface area contributed by atoms with Crippen LogP contribution in [0.5, 0.6) is 0 Å². The molecule has 5 N–H and O–H groups in total. The van der Waals surface area contributed by atoms with Crippen molar-refractivity contribution in [3.63, 3.8) is 0 Å². The van der Waals surface area contributed by atoms with Gasteiger partial charge in [-0.15, -0.1) is 0 Å². The van der Waals surface area contributed by atoms with Crippen LogP contribution in [0.15, 0.2) is 0 Å². The molecule has 0 bridgehead atoms. The standard InChI is InChI=1S/C6H17N2O2P/c7-11(9,10)8-6-4-2-1-3-5-6/h6,8-11H,1-5,7H2. The van der Waals surface area contributed by atoms with Crippen molar-refractivity contribution in [3.05, 3.63) is 0 Å². The Morgan fingerprint density at radius 2 is 1.73 bits per heavy atom. The molecule has 1 aliphatic rings. The first-order valence-corrected chi connectivity index (χ1v) is 6.06. The van der Waals surface area contributed by atoms with Gasteiger partial charge in [-0.3, -0.25) is 0 Å². The molecule has 0 radical (unpaired) electrons. The van der Waals surface area contributed by atoms with E-state index < -0.39 is 8.02 Å². The van der Waals surface area contributed by atoms with Crippen LogP contribution < -0.4 is 10.6 Å². The molecule has 1 saturated carbocycles. The molecule has 0 aromatic heterocycles. The Balaban J connectivity index is 2.24. The molecule has 0 amide bonds. The van der Waals surface area contributed by atoms with E-state index >= 15 is 0 Å². The van der Waals surface area contributed by atoms with E-state index in [4.69, 9.17) is 15.3 Å². The maximum absolute atomic E-state index is 8.93. The van der Waals surface area contributed by atoms with Gasteiger partial charge >= 0.3 is 66.5 Å². The molecular formula is C6H17N2O2P. The molecule has 4 nitrogen and oxygen atoms in total. The second-order valence-electron chi connectivity index (χ2n) is 3.21. The summed E-state index contributed by atoms with van der Waals surface area (Å²) in [4.78, 5) is 17.9. The predicted molar refractivity (Wildman–Crippen MR) is 46.9 cm³/mol. The van der Waals surface area contributed by atoms with Crippen molar-refractivity contribution in [2.45, 2.75) is 38.1 Å². The molecule has 0 atom stereocenters. The zero-order valence-corrected chi connectivity index (χ0v) is 7.58. The number of hydrogen-bond acceptors (Lipinski definition) is 4. The summed E-state index contributed by atoms with van der Waals surface area (Å²) in [5.74, 6) is 0. The Morgan fingerprint density at radius 3 is 2.18 bits per heavy atom. The zero-order chi connectivity index (χ0) is 8.32. The zero-order valence-electron chi connectivity index (χ0n) is 6.58. The number of nitrogens with two attached hydrogens (primary N) is 1. The first-order chi connectivity index (χ1) is 5.08. The number of hydrogen-bond donors (Lipinski definition) is 4. The third-order valence-electron chi connectivity index (χ3n) is 2.02. The van der Waals surface area contributed by atoms with Gasteiger partial charge in [0.2, 0.25) is 0 Å². The summed E-state index contributed by atoms with van der Waals surface area (Å²) in [6.07, 6.45) is 5.64. The SMILES string of the molecule is N[PH](O)(O)NC1CCCCC1. The summed E-state index contributed by atoms with van der Waals surface area (Å²) in [7, 11) is -3.49. The topological polar surface area (TPSA) is 78.5 Å². The first-order valence-electron chi connectivity index (χ1n) is 4.09. The molecule has 0 aromatic rings. The Morgan fingerprint density at radius 1 is 1.18 bits per heavy atom. The van der Waals surface area contributed by atoms with Crippen molar-refractivity contribution in [2.75, 3.05) is 0 Å². The van der Waals surface area contributed by atoms with Crippen molar-refractivity contribution in [2.24, 2.45) is 5.50 Å². The van der Waals surface area contributed by atoms with E-state index in [1.165, 1.54) is 19.3 Å². The van der Waals surface area contributed by atoms with Gasteiger partial charge in [-0.2, -0.15) is 0 Å². The van der Waals surface area contributed by atoms with E-state index in [2.05, 4.69) is 5.09 Å². The predicted octanol–water partition coefficient (Wildman–Crippen LogP) is 0.262. The maximum atomic E-state index is 8.93. The van der Waals surface area contributed by atoms with E-state index in [0.29, 0.717) is 0 Å². The van der Waals surface area contributed by atoms with Gasteiger partial charge < -0.3 is 0 Å². The quantitative estimate of drug-likeness (QED) is 0.460. The van der Waals surface area contributed by atoms with E-state index in [1.807, 2.05) is 0 Å². The van der Waals surface area contributed by atoms with Crippen LogP contribution in [0.4, 0.5) is 0 Å². The van der Waals surface area contributed by atoms with Crippen molar-refractivity contribution in [1.29, 1.82) is 0 Å². The van der Waals surface area contributed by atoms with Gasteiger partial charge in [0.05, 0.1) is 0 Å². The molecule has 0 aromatic carbocycles. The summed E-state index contributed by atoms with van der Waals surface area (Å²) in [5, 5.41) is 2.69. The van der Waals surface area contributed by atoms with Crippen LogP contribution in [0, 0.1) is 0 Å². The summed E-state index contributed by atoms with van der Waals surface area (Å²) in [5.41, 5.74) is 5.11. The van der Waals surface area contributed by atoms with E-state index in [0.717, 1.165) is 12.8 Å². The first kappa shape index (κ1) is 9.36. The Bertz CT molecular complexity index is 120. The van der Waals surface area contributed by atoms with E-state index in [-0.39, 0.29) is 6.04 Å². The Kier molecular flexibility index (Phi) is 3.22. The van der Waals surface area contributed by atoms with Crippen LogP contribution in [0.25, 0.3) is 0 Å². The minimum atomic E-state index is -3.49. The summed E-state index contributed by atoms with van der Waals surface area (Å²) < 4.78 is 0. The fraction of sp³-hybridized carbons (Fsp3) is 1.00. The molecule has 0 heterocycles. The van der Waals surface area contributed by atoms with E-state index in [9.17, 15) is 0 Å².